The molecule has 1 aliphatic heterocycles. The van der Waals surface area contributed by atoms with Crippen molar-refractivity contribution in [2.24, 2.45) is 23.2 Å². The van der Waals surface area contributed by atoms with E-state index in [4.69, 9.17) is 0 Å². The number of aromatic nitrogens is 1. The number of likely N-dealkylation sites (tertiary alicyclic amines) is 1. The number of amides is 3. The Morgan fingerprint density at radius 3 is 2.45 bits per heavy atom. The zero-order valence-electron chi connectivity index (χ0n) is 24.2. The van der Waals surface area contributed by atoms with Gasteiger partial charge in [-0.2, -0.15) is 0 Å². The van der Waals surface area contributed by atoms with E-state index in [1.807, 2.05) is 13.8 Å². The van der Waals surface area contributed by atoms with E-state index in [1.54, 1.807) is 6.07 Å². The molecule has 0 spiro atoms. The molecular formula is C28H36FN4NaO7S. The van der Waals surface area contributed by atoms with E-state index in [9.17, 15) is 36.9 Å². The summed E-state index contributed by atoms with van der Waals surface area (Å²) in [6, 6.07) is 2.60. The molecular weight excluding hydrogens is 578 g/mol. The van der Waals surface area contributed by atoms with Gasteiger partial charge in [0.25, 0.3) is 5.91 Å². The van der Waals surface area contributed by atoms with E-state index in [-0.39, 0.29) is 70.4 Å². The summed E-state index contributed by atoms with van der Waals surface area (Å²) in [5.74, 6) is -2.47. The molecule has 1 aromatic heterocycles. The smallest absolute Gasteiger partial charge is 0.746 e. The number of halogens is 1. The SMILES string of the molecule is C[C@H](NC(=O)[C@@H]1[C@@H]2[C@H](CN1C(=O)[C@@H](NC(=O)c1cc3c(F)cccc3[nH]1)C1CCCCC1)C2(C)C)C(O)S(=O)(=O)[O-].[Na+]. The van der Waals surface area contributed by atoms with Crippen LogP contribution in [0, 0.1) is 29.0 Å². The summed E-state index contributed by atoms with van der Waals surface area (Å²) in [5, 5.41) is 15.4. The second kappa shape index (κ2) is 12.2. The fourth-order valence-corrected chi connectivity index (χ4v) is 7.50. The van der Waals surface area contributed by atoms with Crippen molar-refractivity contribution in [3.8, 4) is 0 Å². The second-order valence-electron chi connectivity index (χ2n) is 12.3. The monoisotopic (exact) mass is 614 g/mol. The van der Waals surface area contributed by atoms with Crippen molar-refractivity contribution in [1.29, 1.82) is 0 Å². The molecule has 1 unspecified atom stereocenters. The zero-order chi connectivity index (χ0) is 29.9. The largest absolute Gasteiger partial charge is 1.00 e. The van der Waals surface area contributed by atoms with Crippen LogP contribution in [0.1, 0.15) is 63.4 Å². The summed E-state index contributed by atoms with van der Waals surface area (Å²) in [4.78, 5) is 45.4. The number of nitrogens with one attached hydrogen (secondary N) is 3. The molecule has 3 amide bonds. The van der Waals surface area contributed by atoms with Crippen LogP contribution < -0.4 is 40.2 Å². The molecule has 14 heteroatoms. The van der Waals surface area contributed by atoms with Crippen LogP contribution in [0.15, 0.2) is 24.3 Å². The van der Waals surface area contributed by atoms with Crippen LogP contribution in [-0.4, -0.2) is 75.8 Å². The van der Waals surface area contributed by atoms with Gasteiger partial charge in [-0.25, -0.2) is 12.8 Å². The molecule has 5 rings (SSSR count). The molecule has 0 radical (unpaired) electrons. The Bertz CT molecular complexity index is 1480. The molecule has 42 heavy (non-hydrogen) atoms. The summed E-state index contributed by atoms with van der Waals surface area (Å²) >= 11 is 0. The number of aromatic amines is 1. The van der Waals surface area contributed by atoms with Gasteiger partial charge in [0.2, 0.25) is 11.8 Å². The Hall–Kier alpha value is -2.03. The van der Waals surface area contributed by atoms with Crippen molar-refractivity contribution in [1.82, 2.24) is 20.5 Å². The van der Waals surface area contributed by atoms with Crippen LogP contribution in [0.25, 0.3) is 10.9 Å². The van der Waals surface area contributed by atoms with Gasteiger partial charge in [-0.05, 0) is 61.1 Å². The predicted molar refractivity (Wildman–Crippen MR) is 146 cm³/mol. The van der Waals surface area contributed by atoms with E-state index in [0.717, 1.165) is 19.3 Å². The van der Waals surface area contributed by atoms with Crippen LogP contribution in [0.4, 0.5) is 4.39 Å². The number of piperidine rings is 1. The average molecular weight is 615 g/mol. The maximum Gasteiger partial charge on any atom is 1.00 e. The predicted octanol–water partition coefficient (Wildman–Crippen LogP) is -1.16. The average Bonchev–Trinajstić information content (AvgIpc) is 3.31. The van der Waals surface area contributed by atoms with Crippen molar-refractivity contribution in [3.05, 3.63) is 35.8 Å². The van der Waals surface area contributed by atoms with Gasteiger partial charge < -0.3 is 30.2 Å². The molecule has 0 bridgehead atoms. The van der Waals surface area contributed by atoms with Gasteiger partial charge in [0.05, 0.1) is 6.04 Å². The summed E-state index contributed by atoms with van der Waals surface area (Å²) in [5.41, 5.74) is -2.02. The normalized spacial score (nSPS) is 25.6. The molecule has 2 heterocycles. The number of nitrogens with zero attached hydrogens (tertiary/aromatic N) is 1. The van der Waals surface area contributed by atoms with Crippen molar-refractivity contribution in [2.45, 2.75) is 76.4 Å². The van der Waals surface area contributed by atoms with Crippen molar-refractivity contribution in [3.63, 3.8) is 0 Å². The number of fused-ring (bicyclic) bond motifs is 2. The van der Waals surface area contributed by atoms with Gasteiger partial charge in [-0.15, -0.1) is 0 Å². The second-order valence-corrected chi connectivity index (χ2v) is 13.8. The number of H-pyrrole nitrogens is 1. The van der Waals surface area contributed by atoms with E-state index < -0.39 is 57.2 Å². The van der Waals surface area contributed by atoms with E-state index in [2.05, 4.69) is 15.6 Å². The van der Waals surface area contributed by atoms with Gasteiger partial charge >= 0.3 is 29.6 Å². The first-order chi connectivity index (χ1) is 19.2. The van der Waals surface area contributed by atoms with Crippen LogP contribution in [0.2, 0.25) is 0 Å². The third-order valence-electron chi connectivity index (χ3n) is 9.38. The molecule has 1 saturated heterocycles. The number of carbonyl (C=O) groups excluding carboxylic acids is 3. The number of benzene rings is 1. The molecule has 3 fully saturated rings. The molecule has 224 valence electrons. The maximum atomic E-state index is 14.3. The Morgan fingerprint density at radius 1 is 1.17 bits per heavy atom. The summed E-state index contributed by atoms with van der Waals surface area (Å²) in [6.45, 7) is 5.46. The van der Waals surface area contributed by atoms with Crippen LogP contribution in [0.3, 0.4) is 0 Å². The van der Waals surface area contributed by atoms with Gasteiger partial charge in [-0.1, -0.05) is 39.2 Å². The number of aliphatic hydroxyl groups is 1. The summed E-state index contributed by atoms with van der Waals surface area (Å²) in [7, 11) is -5.07. The number of hydrogen-bond acceptors (Lipinski definition) is 7. The summed E-state index contributed by atoms with van der Waals surface area (Å²) < 4.78 is 48.2. The number of rotatable bonds is 8. The number of hydrogen-bond donors (Lipinski definition) is 4. The Kier molecular flexibility index (Phi) is 9.52. The zero-order valence-corrected chi connectivity index (χ0v) is 27.0. The maximum absolute atomic E-state index is 14.3. The number of carbonyl (C=O) groups is 3. The van der Waals surface area contributed by atoms with Crippen LogP contribution in [0.5, 0.6) is 0 Å². The first-order valence-electron chi connectivity index (χ1n) is 14.0. The fourth-order valence-electron chi connectivity index (χ4n) is 6.93. The molecule has 2 saturated carbocycles. The molecule has 1 aromatic carbocycles. The van der Waals surface area contributed by atoms with E-state index in [0.29, 0.717) is 18.4 Å². The first-order valence-corrected chi connectivity index (χ1v) is 15.5. The van der Waals surface area contributed by atoms with E-state index in [1.165, 1.54) is 30.0 Å². The quantitative estimate of drug-likeness (QED) is 0.215. The van der Waals surface area contributed by atoms with Crippen molar-refractivity contribution in [2.75, 3.05) is 6.54 Å². The van der Waals surface area contributed by atoms with Gasteiger partial charge in [0, 0.05) is 17.4 Å². The third kappa shape index (κ3) is 6.14. The molecule has 2 aromatic rings. The molecule has 2 aliphatic carbocycles. The molecule has 4 N–H and O–H groups in total. The van der Waals surface area contributed by atoms with Crippen LogP contribution >= 0.6 is 0 Å². The van der Waals surface area contributed by atoms with Crippen LogP contribution in [-0.2, 0) is 19.7 Å². The molecule has 3 aliphatic rings. The Balaban J connectivity index is 0.00000405. The Labute approximate surface area is 266 Å². The first kappa shape index (κ1) is 32.9. The summed E-state index contributed by atoms with van der Waals surface area (Å²) in [6.07, 6.45) is 4.23. The Morgan fingerprint density at radius 2 is 1.83 bits per heavy atom. The van der Waals surface area contributed by atoms with E-state index >= 15 is 0 Å². The topological polar surface area (TPSA) is 172 Å². The fraction of sp³-hybridized carbons (Fsp3) is 0.607. The number of aliphatic hydroxyl groups excluding tert-OH is 1. The molecule has 6 atom stereocenters. The third-order valence-corrected chi connectivity index (χ3v) is 10.4. The van der Waals surface area contributed by atoms with Gasteiger partial charge in [0.15, 0.2) is 5.44 Å². The van der Waals surface area contributed by atoms with Crippen molar-refractivity contribution < 1.29 is 66.4 Å². The minimum absolute atomic E-state index is 0. The minimum Gasteiger partial charge on any atom is -0.746 e. The van der Waals surface area contributed by atoms with Gasteiger partial charge in [-0.3, -0.25) is 14.4 Å². The minimum atomic E-state index is -5.07. The molecule has 11 nitrogen and oxygen atoms in total. The van der Waals surface area contributed by atoms with Crippen molar-refractivity contribution >= 4 is 38.7 Å². The van der Waals surface area contributed by atoms with Gasteiger partial charge in [0.1, 0.15) is 33.7 Å². The standard InChI is InChI=1S/C28H37FN4O7S.Na/c1-14(27(37)41(38,39)40)30-25(35)23-21-17(28(21,2)3)13-33(23)26(36)22(15-8-5-4-6-9-15)32-24(34)20-12-16-18(29)10-7-11-19(16)31-20;/h7,10-12,14-15,17,21-23,27,31,37H,4-6,8-9,13H2,1-3H3,(H,30,35)(H,32,34)(H,38,39,40);/q;+1/p-1/t14-,17-,21-,22-,23-,27?;/m0./s1.